The van der Waals surface area contributed by atoms with E-state index in [-0.39, 0.29) is 12.6 Å². The fourth-order valence-electron chi connectivity index (χ4n) is 0.930. The standard InChI is InChI=1S/C5H10N2O2.2C2HF3O2/c6-4-1-7(2-4)3-5(8)9;2*3-2(4,5)1(6)7/h4H,1-3,6H2,(H,8,9);2*(H,6,7). The van der Waals surface area contributed by atoms with Crippen LogP contribution >= 0.6 is 0 Å². The topological polar surface area (TPSA) is 141 Å². The summed E-state index contributed by atoms with van der Waals surface area (Å²) in [5, 5.41) is 22.5. The Balaban J connectivity index is 0. The molecule has 23 heavy (non-hydrogen) atoms. The van der Waals surface area contributed by atoms with Gasteiger partial charge in [0.15, 0.2) is 0 Å². The highest BCUT2D eigenvalue weighted by Gasteiger charge is 2.38. The maximum absolute atomic E-state index is 10.6. The number of nitrogens with two attached hydrogens (primary N) is 1. The molecule has 1 aliphatic rings. The quantitative estimate of drug-likeness (QED) is 0.505. The number of carboxylic acid groups (broad SMARTS) is 3. The normalized spacial score (nSPS) is 15.3. The van der Waals surface area contributed by atoms with E-state index in [1.165, 1.54) is 0 Å². The molecule has 0 spiro atoms. The highest BCUT2D eigenvalue weighted by molar-refractivity contribution is 5.73. The van der Waals surface area contributed by atoms with Crippen LogP contribution in [-0.4, -0.2) is 76.2 Å². The van der Waals surface area contributed by atoms with Gasteiger partial charge < -0.3 is 21.1 Å². The molecule has 0 aromatic heterocycles. The highest BCUT2D eigenvalue weighted by atomic mass is 19.4. The second kappa shape index (κ2) is 9.14. The first-order valence-corrected chi connectivity index (χ1v) is 5.37. The van der Waals surface area contributed by atoms with Gasteiger partial charge in [-0.3, -0.25) is 9.69 Å². The minimum absolute atomic E-state index is 0.133. The molecule has 0 radical (unpaired) electrons. The Morgan fingerprint density at radius 3 is 1.30 bits per heavy atom. The Bertz CT molecular complexity index is 394. The molecule has 1 heterocycles. The third-order valence-corrected chi connectivity index (χ3v) is 1.83. The molecule has 1 saturated heterocycles. The molecule has 1 fully saturated rings. The van der Waals surface area contributed by atoms with Crippen LogP contribution in [0, 0.1) is 0 Å². The lowest BCUT2D eigenvalue weighted by Gasteiger charge is -2.35. The molecule has 0 unspecified atom stereocenters. The molecule has 0 aliphatic carbocycles. The summed E-state index contributed by atoms with van der Waals surface area (Å²) in [6.07, 6.45) is -10.2. The van der Waals surface area contributed by atoms with E-state index in [2.05, 4.69) is 0 Å². The predicted octanol–water partition coefficient (Wildman–Crippen LogP) is -0.0195. The van der Waals surface area contributed by atoms with E-state index in [0.717, 1.165) is 13.1 Å². The first-order chi connectivity index (χ1) is 10.1. The zero-order valence-electron chi connectivity index (χ0n) is 11.1. The molecule has 1 rings (SSSR count). The molecule has 5 N–H and O–H groups in total. The van der Waals surface area contributed by atoms with Gasteiger partial charge >= 0.3 is 30.3 Å². The minimum Gasteiger partial charge on any atom is -0.480 e. The fraction of sp³-hybridized carbons (Fsp3) is 0.667. The molecule has 0 bridgehead atoms. The van der Waals surface area contributed by atoms with E-state index in [1.54, 1.807) is 4.90 Å². The van der Waals surface area contributed by atoms with Gasteiger partial charge in [-0.05, 0) is 0 Å². The van der Waals surface area contributed by atoms with E-state index in [1.807, 2.05) is 0 Å². The van der Waals surface area contributed by atoms with Gasteiger partial charge in [0.25, 0.3) is 0 Å². The summed E-state index contributed by atoms with van der Waals surface area (Å²) in [4.78, 5) is 29.6. The Kier molecular flexibility index (Phi) is 9.21. The van der Waals surface area contributed by atoms with Crippen molar-refractivity contribution < 1.29 is 56.0 Å². The second-order valence-corrected chi connectivity index (χ2v) is 3.95. The summed E-state index contributed by atoms with van der Waals surface area (Å²) in [6, 6.07) is 0.198. The van der Waals surface area contributed by atoms with Crippen molar-refractivity contribution in [3.63, 3.8) is 0 Å². The molecule has 1 aliphatic heterocycles. The van der Waals surface area contributed by atoms with Crippen molar-refractivity contribution in [1.29, 1.82) is 0 Å². The average Bonchev–Trinajstić information content (AvgIpc) is 2.25. The summed E-state index contributed by atoms with van der Waals surface area (Å²) in [5.74, 6) is -6.29. The van der Waals surface area contributed by atoms with Gasteiger partial charge in [-0.1, -0.05) is 0 Å². The van der Waals surface area contributed by atoms with Crippen molar-refractivity contribution in [2.24, 2.45) is 5.73 Å². The number of carbonyl (C=O) groups is 3. The maximum atomic E-state index is 10.6. The van der Waals surface area contributed by atoms with Crippen molar-refractivity contribution in [3.8, 4) is 0 Å². The molecule has 0 saturated carbocycles. The van der Waals surface area contributed by atoms with Crippen molar-refractivity contribution >= 4 is 17.9 Å². The van der Waals surface area contributed by atoms with Crippen molar-refractivity contribution in [2.45, 2.75) is 18.4 Å². The number of nitrogens with zero attached hydrogens (tertiary/aromatic N) is 1. The van der Waals surface area contributed by atoms with Crippen LogP contribution < -0.4 is 5.73 Å². The van der Waals surface area contributed by atoms with Crippen LogP contribution in [0.15, 0.2) is 0 Å². The van der Waals surface area contributed by atoms with Gasteiger partial charge in [-0.15, -0.1) is 0 Å². The van der Waals surface area contributed by atoms with Crippen molar-refractivity contribution in [3.05, 3.63) is 0 Å². The van der Waals surface area contributed by atoms with Crippen LogP contribution in [0.1, 0.15) is 0 Å². The zero-order valence-corrected chi connectivity index (χ0v) is 11.1. The number of rotatable bonds is 2. The molecular formula is C9H12F6N2O6. The fourth-order valence-corrected chi connectivity index (χ4v) is 0.930. The molecular weight excluding hydrogens is 346 g/mol. The first kappa shape index (κ1) is 23.2. The molecule has 0 atom stereocenters. The number of likely N-dealkylation sites (tertiary alicyclic amines) is 1. The number of aliphatic carboxylic acids is 3. The predicted molar refractivity (Wildman–Crippen MR) is 59.4 cm³/mol. The summed E-state index contributed by atoms with van der Waals surface area (Å²) >= 11 is 0. The second-order valence-electron chi connectivity index (χ2n) is 3.95. The van der Waals surface area contributed by atoms with E-state index in [0.29, 0.717) is 0 Å². The molecule has 136 valence electrons. The van der Waals surface area contributed by atoms with Crippen LogP contribution in [0.4, 0.5) is 26.3 Å². The Morgan fingerprint density at radius 2 is 1.17 bits per heavy atom. The molecule has 14 heteroatoms. The van der Waals surface area contributed by atoms with Gasteiger partial charge in [-0.25, -0.2) is 9.59 Å². The molecule has 0 aromatic rings. The highest BCUT2D eigenvalue weighted by Crippen LogP contribution is 2.13. The first-order valence-electron chi connectivity index (χ1n) is 5.37. The Morgan fingerprint density at radius 1 is 0.913 bits per heavy atom. The van der Waals surface area contributed by atoms with Crippen LogP contribution in [0.3, 0.4) is 0 Å². The van der Waals surface area contributed by atoms with Crippen LogP contribution in [-0.2, 0) is 14.4 Å². The largest absolute Gasteiger partial charge is 0.490 e. The molecule has 0 amide bonds. The summed E-state index contributed by atoms with van der Waals surface area (Å²) in [7, 11) is 0. The average molecular weight is 358 g/mol. The zero-order chi connectivity index (χ0) is 19.0. The molecule has 0 aromatic carbocycles. The van der Waals surface area contributed by atoms with E-state index in [9.17, 15) is 31.1 Å². The van der Waals surface area contributed by atoms with Gasteiger partial charge in [0.2, 0.25) is 0 Å². The summed E-state index contributed by atoms with van der Waals surface area (Å²) < 4.78 is 63.5. The number of halogens is 6. The van der Waals surface area contributed by atoms with E-state index < -0.39 is 30.3 Å². The van der Waals surface area contributed by atoms with Crippen LogP contribution in [0.25, 0.3) is 0 Å². The van der Waals surface area contributed by atoms with Gasteiger partial charge in [-0.2, -0.15) is 26.3 Å². The lowest BCUT2D eigenvalue weighted by Crippen LogP contribution is -2.56. The number of carboxylic acids is 3. The van der Waals surface area contributed by atoms with Gasteiger partial charge in [0, 0.05) is 19.1 Å². The number of hydrogen-bond acceptors (Lipinski definition) is 5. The minimum atomic E-state index is -5.08. The Labute approximate surface area is 124 Å². The smallest absolute Gasteiger partial charge is 0.480 e. The lowest BCUT2D eigenvalue weighted by atomic mass is 10.1. The third-order valence-electron chi connectivity index (χ3n) is 1.83. The summed E-state index contributed by atoms with van der Waals surface area (Å²) in [5.41, 5.74) is 5.41. The van der Waals surface area contributed by atoms with E-state index >= 15 is 0 Å². The van der Waals surface area contributed by atoms with Crippen LogP contribution in [0.2, 0.25) is 0 Å². The lowest BCUT2D eigenvalue weighted by molar-refractivity contribution is -0.193. The summed E-state index contributed by atoms with van der Waals surface area (Å²) in [6.45, 7) is 1.59. The van der Waals surface area contributed by atoms with Crippen molar-refractivity contribution in [2.75, 3.05) is 19.6 Å². The SMILES string of the molecule is NC1CN(CC(=O)O)C1.O=C(O)C(F)(F)F.O=C(O)C(F)(F)F. The van der Waals surface area contributed by atoms with Gasteiger partial charge in [0.05, 0.1) is 6.54 Å². The van der Waals surface area contributed by atoms with Crippen LogP contribution in [0.5, 0.6) is 0 Å². The molecule has 8 nitrogen and oxygen atoms in total. The Hall–Kier alpha value is -2.09. The number of alkyl halides is 6. The maximum Gasteiger partial charge on any atom is 0.490 e. The van der Waals surface area contributed by atoms with E-state index in [4.69, 9.17) is 30.6 Å². The third kappa shape index (κ3) is 13.3. The number of hydrogen-bond donors (Lipinski definition) is 4. The monoisotopic (exact) mass is 358 g/mol. The van der Waals surface area contributed by atoms with Gasteiger partial charge in [0.1, 0.15) is 0 Å². The van der Waals surface area contributed by atoms with Crippen molar-refractivity contribution in [1.82, 2.24) is 4.90 Å².